The monoisotopic (exact) mass is 526 g/mol. The first-order valence-corrected chi connectivity index (χ1v) is 13.9. The number of carbonyl (C=O) groups excluding carboxylic acids is 1. The molecule has 7 nitrogen and oxygen atoms in total. The maximum atomic E-state index is 12.8. The zero-order chi connectivity index (χ0) is 27.5. The molecular weight excluding hydrogens is 488 g/mol. The van der Waals surface area contributed by atoms with Gasteiger partial charge in [-0.15, -0.1) is 0 Å². The molecule has 2 atom stereocenters. The van der Waals surface area contributed by atoms with Gasteiger partial charge in [0.15, 0.2) is 0 Å². The van der Waals surface area contributed by atoms with Crippen LogP contribution in [-0.2, 0) is 29.7 Å². The molecule has 0 N–H and O–H groups in total. The smallest absolute Gasteiger partial charge is 0.306 e. The topological polar surface area (TPSA) is 69.5 Å². The fraction of sp³-hybridized carbons (Fsp3) is 0.406. The highest BCUT2D eigenvalue weighted by atomic mass is 16.5. The van der Waals surface area contributed by atoms with Crippen molar-refractivity contribution in [1.29, 1.82) is 0 Å². The first kappa shape index (κ1) is 26.9. The van der Waals surface area contributed by atoms with Gasteiger partial charge in [-0.1, -0.05) is 37.3 Å². The van der Waals surface area contributed by atoms with Gasteiger partial charge in [-0.25, -0.2) is 4.98 Å². The number of esters is 1. The summed E-state index contributed by atoms with van der Waals surface area (Å²) in [5, 5.41) is 5.56. The molecule has 0 saturated carbocycles. The van der Waals surface area contributed by atoms with E-state index in [0.717, 1.165) is 65.1 Å². The second-order valence-corrected chi connectivity index (χ2v) is 10.5. The maximum Gasteiger partial charge on any atom is 0.306 e. The molecule has 0 radical (unpaired) electrons. The Morgan fingerprint density at radius 3 is 2.82 bits per heavy atom. The predicted octanol–water partition coefficient (Wildman–Crippen LogP) is 5.84. The van der Waals surface area contributed by atoms with E-state index in [9.17, 15) is 4.79 Å². The number of hydrogen-bond donors (Lipinski definition) is 0. The lowest BCUT2D eigenvalue weighted by Gasteiger charge is -2.25. The first-order chi connectivity index (χ1) is 18.9. The molecule has 0 bridgehead atoms. The SMILES string of the molecule is CCOC(=O)CC(c1ccc(C)c(CN2Cc3cccnc3O[C@H](CC)C2)c1)c1ccc2c(cnn2C)c1C. The first-order valence-electron chi connectivity index (χ1n) is 13.9. The molecule has 1 aliphatic heterocycles. The van der Waals surface area contributed by atoms with Crippen LogP contribution in [0, 0.1) is 13.8 Å². The van der Waals surface area contributed by atoms with Gasteiger partial charge in [0.05, 0.1) is 24.7 Å². The lowest BCUT2D eigenvalue weighted by atomic mass is 9.84. The summed E-state index contributed by atoms with van der Waals surface area (Å²) >= 11 is 0. The molecule has 0 fully saturated rings. The van der Waals surface area contributed by atoms with Crippen LogP contribution in [0.25, 0.3) is 10.9 Å². The van der Waals surface area contributed by atoms with Crippen molar-refractivity contribution in [1.82, 2.24) is 19.7 Å². The van der Waals surface area contributed by atoms with Crippen LogP contribution in [0.4, 0.5) is 0 Å². The lowest BCUT2D eigenvalue weighted by molar-refractivity contribution is -0.143. The zero-order valence-electron chi connectivity index (χ0n) is 23.6. The minimum absolute atomic E-state index is 0.0926. The third-order valence-corrected chi connectivity index (χ3v) is 7.90. The lowest BCUT2D eigenvalue weighted by Crippen LogP contribution is -2.32. The van der Waals surface area contributed by atoms with Crippen molar-refractivity contribution < 1.29 is 14.3 Å². The van der Waals surface area contributed by atoms with Gasteiger partial charge in [-0.05, 0) is 67.1 Å². The van der Waals surface area contributed by atoms with E-state index in [1.165, 1.54) is 11.1 Å². The summed E-state index contributed by atoms with van der Waals surface area (Å²) in [4.78, 5) is 19.7. The average molecular weight is 527 g/mol. The largest absolute Gasteiger partial charge is 0.473 e. The van der Waals surface area contributed by atoms with Crippen LogP contribution >= 0.6 is 0 Å². The molecule has 5 rings (SSSR count). The minimum atomic E-state index is -0.185. The van der Waals surface area contributed by atoms with Crippen LogP contribution in [0.2, 0.25) is 0 Å². The fourth-order valence-corrected chi connectivity index (χ4v) is 5.65. The highest BCUT2D eigenvalue weighted by Gasteiger charge is 2.25. The Bertz CT molecular complexity index is 1480. The fourth-order valence-electron chi connectivity index (χ4n) is 5.65. The number of carbonyl (C=O) groups is 1. The van der Waals surface area contributed by atoms with E-state index >= 15 is 0 Å². The number of rotatable bonds is 8. The summed E-state index contributed by atoms with van der Waals surface area (Å²) in [6, 6.07) is 14.9. The Labute approximate surface area is 230 Å². The van der Waals surface area contributed by atoms with Gasteiger partial charge < -0.3 is 9.47 Å². The molecule has 7 heteroatoms. The van der Waals surface area contributed by atoms with E-state index in [1.54, 1.807) is 6.20 Å². The van der Waals surface area contributed by atoms with Crippen molar-refractivity contribution in [2.45, 2.75) is 65.6 Å². The van der Waals surface area contributed by atoms with E-state index < -0.39 is 0 Å². The Balaban J connectivity index is 1.50. The van der Waals surface area contributed by atoms with Crippen molar-refractivity contribution >= 4 is 16.9 Å². The zero-order valence-corrected chi connectivity index (χ0v) is 23.6. The third kappa shape index (κ3) is 5.69. The predicted molar refractivity (Wildman–Crippen MR) is 153 cm³/mol. The minimum Gasteiger partial charge on any atom is -0.473 e. The summed E-state index contributed by atoms with van der Waals surface area (Å²) in [5.41, 5.74) is 8.09. The second kappa shape index (κ2) is 11.6. The van der Waals surface area contributed by atoms with Crippen LogP contribution < -0.4 is 4.74 Å². The molecular formula is C32H38N4O3. The maximum absolute atomic E-state index is 12.8. The van der Waals surface area contributed by atoms with Crippen molar-refractivity contribution in [2.75, 3.05) is 13.2 Å². The molecule has 1 aliphatic rings. The molecule has 0 amide bonds. The van der Waals surface area contributed by atoms with E-state index in [-0.39, 0.29) is 24.4 Å². The van der Waals surface area contributed by atoms with Crippen LogP contribution in [0.1, 0.15) is 66.0 Å². The standard InChI is InChI=1S/C32H38N4O3/c1-6-26-20-36(18-24-9-8-14-33-32(24)39-26)19-25-15-23(11-10-21(25)3)28(16-31(37)38-7-2)27-12-13-30-29(22(27)4)17-34-35(30)5/h8-15,17,26,28H,6-7,16,18-20H2,1-5H3/t26-,28?/m1/s1. The quantitative estimate of drug-likeness (QED) is 0.269. The molecule has 0 aliphatic carbocycles. The van der Waals surface area contributed by atoms with Gasteiger partial charge in [0.1, 0.15) is 6.10 Å². The molecule has 1 unspecified atom stereocenters. The van der Waals surface area contributed by atoms with Gasteiger partial charge >= 0.3 is 5.97 Å². The third-order valence-electron chi connectivity index (χ3n) is 7.90. The Kier molecular flexibility index (Phi) is 7.98. The number of hydrogen-bond acceptors (Lipinski definition) is 6. The molecule has 2 aromatic heterocycles. The normalized spacial score (nSPS) is 16.4. The van der Waals surface area contributed by atoms with Gasteiger partial charge in [0.2, 0.25) is 5.88 Å². The number of fused-ring (bicyclic) bond motifs is 2. The van der Waals surface area contributed by atoms with Crippen LogP contribution in [0.3, 0.4) is 0 Å². The van der Waals surface area contributed by atoms with Crippen molar-refractivity contribution in [3.8, 4) is 5.88 Å². The average Bonchev–Trinajstić information content (AvgIpc) is 3.20. The number of ether oxygens (including phenoxy) is 2. The van der Waals surface area contributed by atoms with Crippen molar-refractivity contribution in [3.63, 3.8) is 0 Å². The van der Waals surface area contributed by atoms with Crippen LogP contribution in [0.5, 0.6) is 5.88 Å². The van der Waals surface area contributed by atoms with Crippen LogP contribution in [0.15, 0.2) is 54.9 Å². The van der Waals surface area contributed by atoms with Crippen molar-refractivity contribution in [2.24, 2.45) is 7.05 Å². The van der Waals surface area contributed by atoms with E-state index in [1.807, 2.05) is 30.9 Å². The number of pyridine rings is 1. The second-order valence-electron chi connectivity index (χ2n) is 10.5. The van der Waals surface area contributed by atoms with E-state index in [2.05, 4.69) is 72.2 Å². The molecule has 0 saturated heterocycles. The number of aryl methyl sites for hydroxylation is 3. The van der Waals surface area contributed by atoms with E-state index in [0.29, 0.717) is 6.61 Å². The summed E-state index contributed by atoms with van der Waals surface area (Å²) in [6.07, 6.45) is 5.01. The summed E-state index contributed by atoms with van der Waals surface area (Å²) in [6.45, 7) is 11.1. The van der Waals surface area contributed by atoms with Gasteiger partial charge in [0, 0.05) is 49.7 Å². The van der Waals surface area contributed by atoms with Gasteiger partial charge in [-0.2, -0.15) is 5.10 Å². The molecule has 4 aromatic rings. The highest BCUT2D eigenvalue weighted by molar-refractivity contribution is 5.84. The van der Waals surface area contributed by atoms with Gasteiger partial charge in [0.25, 0.3) is 0 Å². The summed E-state index contributed by atoms with van der Waals surface area (Å²) in [7, 11) is 1.95. The molecule has 2 aromatic carbocycles. The summed E-state index contributed by atoms with van der Waals surface area (Å²) < 4.78 is 13.5. The number of nitrogens with zero attached hydrogens (tertiary/aromatic N) is 4. The number of aromatic nitrogens is 3. The molecule has 204 valence electrons. The van der Waals surface area contributed by atoms with E-state index in [4.69, 9.17) is 9.47 Å². The van der Waals surface area contributed by atoms with Crippen LogP contribution in [-0.4, -0.2) is 44.9 Å². The van der Waals surface area contributed by atoms with Crippen molar-refractivity contribution in [3.05, 3.63) is 88.2 Å². The number of benzene rings is 2. The highest BCUT2D eigenvalue weighted by Crippen LogP contribution is 2.35. The Morgan fingerprint density at radius 1 is 1.18 bits per heavy atom. The Morgan fingerprint density at radius 2 is 2.03 bits per heavy atom. The molecule has 0 spiro atoms. The summed E-state index contributed by atoms with van der Waals surface area (Å²) in [5.74, 6) is 0.441. The Hall–Kier alpha value is -3.71. The van der Waals surface area contributed by atoms with Gasteiger partial charge in [-0.3, -0.25) is 14.4 Å². The molecule has 3 heterocycles. The molecule has 39 heavy (non-hydrogen) atoms.